The standard InChI is InChI=1S/C23H15Cl2N3O5/c24-13-9-10-17(18(25)11-13)20-19-21(23(30)26(22(19)29)14-5-2-1-3-6-14)33-27(20)15-7-4-8-16(12-15)28(31)32/h1-12,19-21H/t19-,20-,21-/m1/s1. The average molecular weight is 484 g/mol. The number of nitro groups is 1. The number of para-hydroxylation sites is 1. The molecule has 0 N–H and O–H groups in total. The minimum atomic E-state index is -1.12. The first-order chi connectivity index (χ1) is 15.9. The lowest BCUT2D eigenvalue weighted by atomic mass is 9.90. The molecule has 3 aromatic carbocycles. The van der Waals surface area contributed by atoms with Crippen LogP contribution in [0, 0.1) is 16.0 Å². The molecule has 0 aromatic heterocycles. The number of nitrogens with zero attached hydrogens (tertiary/aromatic N) is 3. The molecule has 2 heterocycles. The number of carbonyl (C=O) groups excluding carboxylic acids is 2. The van der Waals surface area contributed by atoms with Gasteiger partial charge < -0.3 is 0 Å². The van der Waals surface area contributed by atoms with Crippen molar-refractivity contribution < 1.29 is 19.3 Å². The lowest BCUT2D eigenvalue weighted by molar-refractivity contribution is -0.384. The monoisotopic (exact) mass is 483 g/mol. The number of hydrogen-bond donors (Lipinski definition) is 0. The number of halogens is 2. The number of amides is 2. The van der Waals surface area contributed by atoms with Gasteiger partial charge in [-0.1, -0.05) is 53.5 Å². The van der Waals surface area contributed by atoms with Crippen LogP contribution in [-0.2, 0) is 14.4 Å². The van der Waals surface area contributed by atoms with E-state index in [9.17, 15) is 19.7 Å². The van der Waals surface area contributed by atoms with Crippen LogP contribution in [-0.4, -0.2) is 22.8 Å². The largest absolute Gasteiger partial charge is 0.273 e. The first-order valence-electron chi connectivity index (χ1n) is 9.95. The van der Waals surface area contributed by atoms with E-state index < -0.39 is 34.8 Å². The van der Waals surface area contributed by atoms with Gasteiger partial charge in [-0.25, -0.2) is 9.96 Å². The van der Waals surface area contributed by atoms with E-state index in [1.807, 2.05) is 0 Å². The molecule has 2 fully saturated rings. The molecule has 166 valence electrons. The molecule has 0 bridgehead atoms. The lowest BCUT2D eigenvalue weighted by Gasteiger charge is -2.29. The van der Waals surface area contributed by atoms with Gasteiger partial charge in [-0.15, -0.1) is 0 Å². The SMILES string of the molecule is O=C1[C@@H]2[C@@H](c3ccc(Cl)cc3Cl)N(c3cccc([N+](=O)[O-])c3)O[C@H]2C(=O)N1c1ccccc1. The van der Waals surface area contributed by atoms with E-state index in [0.29, 0.717) is 22.0 Å². The van der Waals surface area contributed by atoms with Crippen molar-refractivity contribution >= 4 is 52.1 Å². The number of hydroxylamine groups is 1. The van der Waals surface area contributed by atoms with Crippen LogP contribution in [0.25, 0.3) is 0 Å². The van der Waals surface area contributed by atoms with Crippen molar-refractivity contribution in [1.29, 1.82) is 0 Å². The molecular weight excluding hydrogens is 469 g/mol. The molecule has 10 heteroatoms. The molecule has 8 nitrogen and oxygen atoms in total. The zero-order valence-electron chi connectivity index (χ0n) is 16.8. The molecular formula is C23H15Cl2N3O5. The van der Waals surface area contributed by atoms with Gasteiger partial charge in [-0.2, -0.15) is 0 Å². The number of fused-ring (bicyclic) bond motifs is 1. The normalized spacial score (nSPS) is 22.1. The lowest BCUT2D eigenvalue weighted by Crippen LogP contribution is -2.37. The van der Waals surface area contributed by atoms with Crippen LogP contribution in [0.1, 0.15) is 11.6 Å². The number of anilines is 2. The summed E-state index contributed by atoms with van der Waals surface area (Å²) in [4.78, 5) is 44.7. The first kappa shape index (κ1) is 21.4. The van der Waals surface area contributed by atoms with Crippen LogP contribution in [0.15, 0.2) is 72.8 Å². The maximum atomic E-state index is 13.5. The highest BCUT2D eigenvalue weighted by atomic mass is 35.5. The zero-order valence-corrected chi connectivity index (χ0v) is 18.3. The highest BCUT2D eigenvalue weighted by molar-refractivity contribution is 6.35. The number of imide groups is 1. The topological polar surface area (TPSA) is 93.0 Å². The van der Waals surface area contributed by atoms with Crippen LogP contribution < -0.4 is 9.96 Å². The molecule has 3 atom stereocenters. The fourth-order valence-corrected chi connectivity index (χ4v) is 4.79. The smallest absolute Gasteiger partial charge is 0.271 e. The molecule has 0 saturated carbocycles. The molecule has 5 rings (SSSR count). The Hall–Kier alpha value is -3.46. The summed E-state index contributed by atoms with van der Waals surface area (Å²) in [6, 6.07) is 18.4. The van der Waals surface area contributed by atoms with Crippen LogP contribution in [0.4, 0.5) is 17.1 Å². The molecule has 3 aromatic rings. The summed E-state index contributed by atoms with van der Waals surface area (Å²) in [5, 5.41) is 13.3. The molecule has 2 amide bonds. The zero-order chi connectivity index (χ0) is 23.3. The Bertz CT molecular complexity index is 1290. The second-order valence-electron chi connectivity index (χ2n) is 7.61. The van der Waals surface area contributed by atoms with Crippen molar-refractivity contribution in [2.45, 2.75) is 12.1 Å². The number of nitro benzene ring substituents is 1. The molecule has 33 heavy (non-hydrogen) atoms. The van der Waals surface area contributed by atoms with E-state index >= 15 is 0 Å². The second kappa shape index (κ2) is 8.15. The maximum absolute atomic E-state index is 13.5. The Labute approximate surface area is 198 Å². The van der Waals surface area contributed by atoms with Crippen molar-refractivity contribution in [3.8, 4) is 0 Å². The van der Waals surface area contributed by atoms with Gasteiger partial charge in [0.25, 0.3) is 11.6 Å². The predicted molar refractivity (Wildman–Crippen MR) is 122 cm³/mol. The van der Waals surface area contributed by atoms with Gasteiger partial charge in [0.1, 0.15) is 5.92 Å². The summed E-state index contributed by atoms with van der Waals surface area (Å²) in [5.41, 5.74) is 1.11. The van der Waals surface area contributed by atoms with E-state index in [4.69, 9.17) is 28.0 Å². The van der Waals surface area contributed by atoms with Crippen molar-refractivity contribution in [2.24, 2.45) is 5.92 Å². The molecule has 0 spiro atoms. The van der Waals surface area contributed by atoms with Gasteiger partial charge in [0, 0.05) is 22.2 Å². The van der Waals surface area contributed by atoms with Crippen molar-refractivity contribution in [1.82, 2.24) is 0 Å². The Balaban J connectivity index is 1.63. The van der Waals surface area contributed by atoms with Gasteiger partial charge in [-0.3, -0.25) is 24.5 Å². The van der Waals surface area contributed by atoms with Gasteiger partial charge in [0.2, 0.25) is 5.91 Å². The quantitative estimate of drug-likeness (QED) is 0.296. The van der Waals surface area contributed by atoms with E-state index in [1.165, 1.54) is 29.3 Å². The highest BCUT2D eigenvalue weighted by Crippen LogP contribution is 2.49. The summed E-state index contributed by atoms with van der Waals surface area (Å²) in [6.07, 6.45) is -1.12. The number of non-ortho nitro benzene ring substituents is 1. The Morgan fingerprint density at radius 1 is 0.879 bits per heavy atom. The van der Waals surface area contributed by atoms with Crippen molar-refractivity contribution in [3.63, 3.8) is 0 Å². The van der Waals surface area contributed by atoms with Crippen LogP contribution in [0.5, 0.6) is 0 Å². The van der Waals surface area contributed by atoms with Gasteiger partial charge in [-0.05, 0) is 35.9 Å². The highest BCUT2D eigenvalue weighted by Gasteiger charge is 2.60. The van der Waals surface area contributed by atoms with Gasteiger partial charge >= 0.3 is 0 Å². The summed E-state index contributed by atoms with van der Waals surface area (Å²) in [5.74, 6) is -1.88. The Morgan fingerprint density at radius 2 is 1.61 bits per heavy atom. The number of hydrogen-bond acceptors (Lipinski definition) is 6. The fourth-order valence-electron chi connectivity index (χ4n) is 4.27. The Morgan fingerprint density at radius 3 is 2.30 bits per heavy atom. The molecule has 2 aliphatic rings. The van der Waals surface area contributed by atoms with Crippen LogP contribution >= 0.6 is 23.2 Å². The van der Waals surface area contributed by atoms with Crippen LogP contribution in [0.2, 0.25) is 10.0 Å². The van der Waals surface area contributed by atoms with E-state index in [-0.39, 0.29) is 10.7 Å². The third-order valence-corrected chi connectivity index (χ3v) is 6.27. The van der Waals surface area contributed by atoms with E-state index in [2.05, 4.69) is 0 Å². The molecule has 2 saturated heterocycles. The summed E-state index contributed by atoms with van der Waals surface area (Å²) < 4.78 is 0. The summed E-state index contributed by atoms with van der Waals surface area (Å²) in [6.45, 7) is 0. The summed E-state index contributed by atoms with van der Waals surface area (Å²) >= 11 is 12.6. The number of benzene rings is 3. The maximum Gasteiger partial charge on any atom is 0.271 e. The molecule has 2 aliphatic heterocycles. The van der Waals surface area contributed by atoms with Gasteiger partial charge in [0.15, 0.2) is 6.10 Å². The summed E-state index contributed by atoms with van der Waals surface area (Å²) in [7, 11) is 0. The minimum absolute atomic E-state index is 0.155. The number of carbonyl (C=O) groups is 2. The average Bonchev–Trinajstić information content (AvgIpc) is 3.30. The molecule has 0 unspecified atom stereocenters. The van der Waals surface area contributed by atoms with E-state index in [0.717, 1.165) is 4.90 Å². The van der Waals surface area contributed by atoms with E-state index in [1.54, 1.807) is 48.5 Å². The minimum Gasteiger partial charge on any atom is -0.273 e. The third kappa shape index (κ3) is 3.52. The second-order valence-corrected chi connectivity index (χ2v) is 8.46. The fraction of sp³-hybridized carbons (Fsp3) is 0.130. The van der Waals surface area contributed by atoms with Crippen LogP contribution in [0.3, 0.4) is 0 Å². The third-order valence-electron chi connectivity index (χ3n) is 5.71. The first-order valence-corrected chi connectivity index (χ1v) is 10.7. The van der Waals surface area contributed by atoms with Crippen molar-refractivity contribution in [3.05, 3.63) is 98.5 Å². The number of rotatable bonds is 4. The Kier molecular flexibility index (Phi) is 5.28. The van der Waals surface area contributed by atoms with Gasteiger partial charge in [0.05, 0.1) is 22.3 Å². The molecule has 0 aliphatic carbocycles. The predicted octanol–water partition coefficient (Wildman–Crippen LogP) is 4.95. The van der Waals surface area contributed by atoms with Crippen molar-refractivity contribution in [2.75, 3.05) is 9.96 Å². The molecule has 0 radical (unpaired) electrons.